The third-order valence-electron chi connectivity index (χ3n) is 1.10. The molecule has 0 radical (unpaired) electrons. The van der Waals surface area contributed by atoms with E-state index in [1.54, 1.807) is 13.8 Å². The Morgan fingerprint density at radius 2 is 2.10 bits per heavy atom. The van der Waals surface area contributed by atoms with Gasteiger partial charge < -0.3 is 9.90 Å². The van der Waals surface area contributed by atoms with Crippen molar-refractivity contribution in [1.82, 2.24) is 5.32 Å². The number of carbonyl (C=O) groups excluding carboxylic acids is 1. The van der Waals surface area contributed by atoms with Gasteiger partial charge in [0.1, 0.15) is 6.29 Å². The van der Waals surface area contributed by atoms with Crippen LogP contribution in [-0.4, -0.2) is 28.9 Å². The molecule has 0 aromatic rings. The SMILES string of the molecule is CC(S)N[C@H](C=O)[C@@H](C)O. The van der Waals surface area contributed by atoms with Gasteiger partial charge in [0.25, 0.3) is 0 Å². The van der Waals surface area contributed by atoms with Crippen molar-refractivity contribution in [2.24, 2.45) is 0 Å². The summed E-state index contributed by atoms with van der Waals surface area (Å²) in [7, 11) is 0. The molecule has 0 aromatic carbocycles. The van der Waals surface area contributed by atoms with Gasteiger partial charge in [-0.15, -0.1) is 0 Å². The highest BCUT2D eigenvalue weighted by Crippen LogP contribution is 1.93. The highest BCUT2D eigenvalue weighted by Gasteiger charge is 2.13. The monoisotopic (exact) mass is 163 g/mol. The summed E-state index contributed by atoms with van der Waals surface area (Å²) in [6.45, 7) is 3.35. The highest BCUT2D eigenvalue weighted by atomic mass is 32.1. The third-order valence-corrected chi connectivity index (χ3v) is 1.25. The van der Waals surface area contributed by atoms with Gasteiger partial charge in [0.15, 0.2) is 0 Å². The number of aldehydes is 1. The lowest BCUT2D eigenvalue weighted by Gasteiger charge is -2.16. The molecule has 0 aromatic heterocycles. The number of hydrogen-bond acceptors (Lipinski definition) is 4. The molecule has 0 aliphatic carbocycles. The smallest absolute Gasteiger partial charge is 0.139 e. The molecule has 0 saturated carbocycles. The van der Waals surface area contributed by atoms with Gasteiger partial charge in [0.05, 0.1) is 12.1 Å². The van der Waals surface area contributed by atoms with Crippen molar-refractivity contribution in [1.29, 1.82) is 0 Å². The number of hydrogen-bond donors (Lipinski definition) is 3. The van der Waals surface area contributed by atoms with Crippen LogP contribution in [0.3, 0.4) is 0 Å². The molecule has 0 bridgehead atoms. The van der Waals surface area contributed by atoms with Crippen molar-refractivity contribution in [3.63, 3.8) is 0 Å². The molecule has 0 amide bonds. The van der Waals surface area contributed by atoms with E-state index in [1.165, 1.54) is 0 Å². The van der Waals surface area contributed by atoms with Crippen molar-refractivity contribution >= 4 is 18.9 Å². The van der Waals surface area contributed by atoms with Gasteiger partial charge in [0, 0.05) is 5.37 Å². The first-order valence-electron chi connectivity index (χ1n) is 3.15. The van der Waals surface area contributed by atoms with Gasteiger partial charge in [0.2, 0.25) is 0 Å². The summed E-state index contributed by atoms with van der Waals surface area (Å²) in [5.41, 5.74) is 0. The van der Waals surface area contributed by atoms with Crippen molar-refractivity contribution in [3.05, 3.63) is 0 Å². The molecule has 0 heterocycles. The molecule has 3 nitrogen and oxygen atoms in total. The van der Waals surface area contributed by atoms with Crippen LogP contribution >= 0.6 is 12.6 Å². The molecule has 60 valence electrons. The average Bonchev–Trinajstić information content (AvgIpc) is 1.81. The fraction of sp³-hybridized carbons (Fsp3) is 0.833. The van der Waals surface area contributed by atoms with Crippen LogP contribution in [0.2, 0.25) is 0 Å². The minimum atomic E-state index is -0.660. The largest absolute Gasteiger partial charge is 0.391 e. The molecule has 10 heavy (non-hydrogen) atoms. The lowest BCUT2D eigenvalue weighted by Crippen LogP contribution is -2.42. The van der Waals surface area contributed by atoms with E-state index in [2.05, 4.69) is 17.9 Å². The number of aliphatic hydroxyl groups is 1. The fourth-order valence-corrected chi connectivity index (χ4v) is 0.743. The molecule has 3 atom stereocenters. The second-order valence-electron chi connectivity index (χ2n) is 2.25. The lowest BCUT2D eigenvalue weighted by atomic mass is 10.2. The van der Waals surface area contributed by atoms with Crippen LogP contribution in [0.1, 0.15) is 13.8 Å². The van der Waals surface area contributed by atoms with E-state index in [9.17, 15) is 4.79 Å². The van der Waals surface area contributed by atoms with Crippen LogP contribution in [-0.2, 0) is 4.79 Å². The lowest BCUT2D eigenvalue weighted by molar-refractivity contribution is -0.111. The van der Waals surface area contributed by atoms with Gasteiger partial charge >= 0.3 is 0 Å². The van der Waals surface area contributed by atoms with Gasteiger partial charge in [-0.05, 0) is 13.8 Å². The number of aliphatic hydroxyl groups excluding tert-OH is 1. The van der Waals surface area contributed by atoms with Gasteiger partial charge in [-0.1, -0.05) is 0 Å². The molecule has 0 saturated heterocycles. The van der Waals surface area contributed by atoms with Crippen LogP contribution in [0.25, 0.3) is 0 Å². The minimum absolute atomic E-state index is 0.0789. The Balaban J connectivity index is 3.71. The van der Waals surface area contributed by atoms with Crippen molar-refractivity contribution in [3.8, 4) is 0 Å². The summed E-state index contributed by atoms with van der Waals surface area (Å²) < 4.78 is 0. The highest BCUT2D eigenvalue weighted by molar-refractivity contribution is 7.80. The summed E-state index contributed by atoms with van der Waals surface area (Å²) in [6.07, 6.45) is 0.0179. The summed E-state index contributed by atoms with van der Waals surface area (Å²) in [6, 6.07) is -0.507. The predicted octanol–water partition coefficient (Wildman–Crippen LogP) is -0.200. The first-order chi connectivity index (χ1) is 4.57. The second kappa shape index (κ2) is 4.71. The van der Waals surface area contributed by atoms with Gasteiger partial charge in [-0.3, -0.25) is 5.32 Å². The molecular weight excluding hydrogens is 150 g/mol. The predicted molar refractivity (Wildman–Crippen MR) is 43.1 cm³/mol. The summed E-state index contributed by atoms with van der Waals surface area (Å²) in [4.78, 5) is 10.2. The molecular formula is C6H13NO2S. The molecule has 2 N–H and O–H groups in total. The molecule has 0 fully saturated rings. The zero-order chi connectivity index (χ0) is 8.15. The van der Waals surface area contributed by atoms with E-state index in [0.29, 0.717) is 6.29 Å². The van der Waals surface area contributed by atoms with Crippen LogP contribution in [0.15, 0.2) is 0 Å². The van der Waals surface area contributed by atoms with Crippen molar-refractivity contribution in [2.45, 2.75) is 31.4 Å². The molecule has 0 rings (SSSR count). The molecule has 0 spiro atoms. The zero-order valence-electron chi connectivity index (χ0n) is 6.11. The van der Waals surface area contributed by atoms with Crippen LogP contribution in [0.4, 0.5) is 0 Å². The number of thiol groups is 1. The quantitative estimate of drug-likeness (QED) is 0.305. The topological polar surface area (TPSA) is 49.3 Å². The first kappa shape index (κ1) is 9.94. The molecule has 4 heteroatoms. The molecule has 1 unspecified atom stereocenters. The van der Waals surface area contributed by atoms with E-state index in [1.807, 2.05) is 0 Å². The Labute approximate surface area is 66.2 Å². The van der Waals surface area contributed by atoms with E-state index in [4.69, 9.17) is 5.11 Å². The maximum absolute atomic E-state index is 10.2. The van der Waals surface area contributed by atoms with Crippen LogP contribution in [0, 0.1) is 0 Å². The van der Waals surface area contributed by atoms with Crippen molar-refractivity contribution in [2.75, 3.05) is 0 Å². The van der Waals surface area contributed by atoms with Crippen LogP contribution < -0.4 is 5.32 Å². The second-order valence-corrected chi connectivity index (χ2v) is 3.02. The average molecular weight is 163 g/mol. The normalized spacial score (nSPS) is 19.6. The summed E-state index contributed by atoms with van der Waals surface area (Å²) in [5, 5.41) is 11.6. The van der Waals surface area contributed by atoms with E-state index in [-0.39, 0.29) is 5.37 Å². The Hall–Kier alpha value is -0.0600. The van der Waals surface area contributed by atoms with E-state index < -0.39 is 12.1 Å². The Morgan fingerprint density at radius 1 is 1.60 bits per heavy atom. The minimum Gasteiger partial charge on any atom is -0.391 e. The standard InChI is InChI=1S/C6H13NO2S/c1-4(9)6(3-8)7-5(2)10/h3-7,9-10H,1-2H3/t4-,5?,6-/m1/s1. The first-order valence-corrected chi connectivity index (χ1v) is 3.67. The summed E-state index contributed by atoms with van der Waals surface area (Å²) in [5.74, 6) is 0. The Morgan fingerprint density at radius 3 is 2.20 bits per heavy atom. The molecule has 0 aliphatic rings. The van der Waals surface area contributed by atoms with Crippen LogP contribution in [0.5, 0.6) is 0 Å². The Kier molecular flexibility index (Phi) is 4.68. The maximum Gasteiger partial charge on any atom is 0.139 e. The zero-order valence-corrected chi connectivity index (χ0v) is 7.01. The number of carbonyl (C=O) groups is 1. The number of nitrogens with one attached hydrogen (secondary N) is 1. The van der Waals surface area contributed by atoms with Gasteiger partial charge in [-0.2, -0.15) is 12.6 Å². The molecule has 0 aliphatic heterocycles. The summed E-state index contributed by atoms with van der Waals surface area (Å²) >= 11 is 4.00. The van der Waals surface area contributed by atoms with E-state index >= 15 is 0 Å². The van der Waals surface area contributed by atoms with Crippen molar-refractivity contribution < 1.29 is 9.90 Å². The maximum atomic E-state index is 10.2. The Bertz CT molecular complexity index is 106. The van der Waals surface area contributed by atoms with Gasteiger partial charge in [-0.25, -0.2) is 0 Å². The van der Waals surface area contributed by atoms with E-state index in [0.717, 1.165) is 0 Å². The third kappa shape index (κ3) is 3.87. The fourth-order valence-electron chi connectivity index (χ4n) is 0.571. The number of rotatable bonds is 4.